The van der Waals surface area contributed by atoms with Crippen molar-refractivity contribution in [2.45, 2.75) is 0 Å². The van der Waals surface area contributed by atoms with E-state index in [1.165, 1.54) is 38.9 Å². The van der Waals surface area contributed by atoms with Crippen molar-refractivity contribution in [1.82, 2.24) is 4.98 Å². The molecule has 0 aliphatic rings. The highest BCUT2D eigenvalue weighted by atomic mass is 14.7. The molecule has 1 aromatic heterocycles. The summed E-state index contributed by atoms with van der Waals surface area (Å²) in [5.41, 5.74) is 16.0. The average Bonchev–Trinajstić information content (AvgIpc) is 3.19. The Hall–Kier alpha value is -6.31. The number of pyridine rings is 1. The Labute approximate surface area is 282 Å². The standard InChI is InChI=1S/C47H33N/c1-4-14-34(15-5-1)36-24-28-38(29-25-36)42-20-10-11-22-44(42)41-32-46(40-18-8-3-9-19-40)48-47(33-41)45-23-13-12-21-43(45)39-30-26-37(27-31-39)35-16-6-2-7-17-35/h1-33H. The summed E-state index contributed by atoms with van der Waals surface area (Å²) in [7, 11) is 0. The largest absolute Gasteiger partial charge is 0.248 e. The van der Waals surface area contributed by atoms with Gasteiger partial charge in [0, 0.05) is 11.1 Å². The maximum absolute atomic E-state index is 5.30. The Morgan fingerprint density at radius 3 is 1.00 bits per heavy atom. The molecule has 0 saturated heterocycles. The molecule has 1 heterocycles. The highest BCUT2D eigenvalue weighted by Gasteiger charge is 2.15. The van der Waals surface area contributed by atoms with Crippen molar-refractivity contribution in [2.75, 3.05) is 0 Å². The smallest absolute Gasteiger partial charge is 0.0721 e. The molecule has 0 aliphatic heterocycles. The van der Waals surface area contributed by atoms with Crippen LogP contribution in [-0.4, -0.2) is 4.98 Å². The number of hydrogen-bond donors (Lipinski definition) is 0. The maximum Gasteiger partial charge on any atom is 0.0721 e. The van der Waals surface area contributed by atoms with Crippen molar-refractivity contribution >= 4 is 0 Å². The Morgan fingerprint density at radius 2 is 0.521 bits per heavy atom. The molecule has 1 nitrogen and oxygen atoms in total. The van der Waals surface area contributed by atoms with Gasteiger partial charge >= 0.3 is 0 Å². The lowest BCUT2D eigenvalue weighted by Crippen LogP contribution is -1.94. The molecule has 7 aromatic carbocycles. The number of rotatable bonds is 7. The van der Waals surface area contributed by atoms with E-state index in [2.05, 4.69) is 200 Å². The van der Waals surface area contributed by atoms with Crippen molar-refractivity contribution in [1.29, 1.82) is 0 Å². The fraction of sp³-hybridized carbons (Fsp3) is 0. The van der Waals surface area contributed by atoms with Gasteiger partial charge in [-0.05, 0) is 67.8 Å². The van der Waals surface area contributed by atoms with Crippen LogP contribution in [0.25, 0.3) is 78.1 Å². The van der Waals surface area contributed by atoms with E-state index in [4.69, 9.17) is 4.98 Å². The zero-order valence-corrected chi connectivity index (χ0v) is 26.5. The monoisotopic (exact) mass is 611 g/mol. The van der Waals surface area contributed by atoms with E-state index in [1.54, 1.807) is 0 Å². The van der Waals surface area contributed by atoms with E-state index >= 15 is 0 Å². The van der Waals surface area contributed by atoms with Gasteiger partial charge < -0.3 is 0 Å². The van der Waals surface area contributed by atoms with Crippen LogP contribution in [0.15, 0.2) is 200 Å². The fourth-order valence-corrected chi connectivity index (χ4v) is 6.47. The SMILES string of the molecule is c1ccc(-c2ccc(-c3ccccc3-c3cc(-c4ccccc4)nc(-c4ccccc4-c4ccc(-c5ccccc5)cc4)c3)cc2)cc1. The van der Waals surface area contributed by atoms with Crippen LogP contribution in [0.2, 0.25) is 0 Å². The van der Waals surface area contributed by atoms with E-state index in [1.807, 2.05) is 0 Å². The zero-order chi connectivity index (χ0) is 32.1. The lowest BCUT2D eigenvalue weighted by Gasteiger charge is -2.16. The van der Waals surface area contributed by atoms with Gasteiger partial charge in [-0.2, -0.15) is 0 Å². The Kier molecular flexibility index (Phi) is 8.01. The first kappa shape index (κ1) is 29.1. The number of nitrogens with zero attached hydrogens (tertiary/aromatic N) is 1. The predicted octanol–water partition coefficient (Wildman–Crippen LogP) is 12.8. The molecular weight excluding hydrogens is 579 g/mol. The van der Waals surface area contributed by atoms with Gasteiger partial charge in [0.2, 0.25) is 0 Å². The minimum Gasteiger partial charge on any atom is -0.248 e. The van der Waals surface area contributed by atoms with Gasteiger partial charge in [-0.25, -0.2) is 4.98 Å². The number of benzene rings is 7. The van der Waals surface area contributed by atoms with Crippen LogP contribution in [0.4, 0.5) is 0 Å². The molecule has 0 spiro atoms. The lowest BCUT2D eigenvalue weighted by atomic mass is 9.91. The van der Waals surface area contributed by atoms with Crippen LogP contribution in [0.3, 0.4) is 0 Å². The third-order valence-electron chi connectivity index (χ3n) is 8.94. The molecule has 8 aromatic rings. The highest BCUT2D eigenvalue weighted by molar-refractivity contribution is 5.90. The molecule has 8 rings (SSSR count). The Balaban J connectivity index is 1.24. The molecule has 0 radical (unpaired) electrons. The summed E-state index contributed by atoms with van der Waals surface area (Å²) in [5, 5.41) is 0. The summed E-state index contributed by atoms with van der Waals surface area (Å²) in [5.74, 6) is 0. The summed E-state index contributed by atoms with van der Waals surface area (Å²) in [6, 6.07) is 71.1. The minimum absolute atomic E-state index is 0.948. The molecule has 0 fully saturated rings. The molecule has 1 heteroatoms. The van der Waals surface area contributed by atoms with Crippen LogP contribution < -0.4 is 0 Å². The highest BCUT2D eigenvalue weighted by Crippen LogP contribution is 2.39. The predicted molar refractivity (Wildman–Crippen MR) is 202 cm³/mol. The molecule has 48 heavy (non-hydrogen) atoms. The van der Waals surface area contributed by atoms with E-state index in [-0.39, 0.29) is 0 Å². The average molecular weight is 612 g/mol. The van der Waals surface area contributed by atoms with Gasteiger partial charge in [-0.1, -0.05) is 188 Å². The summed E-state index contributed by atoms with van der Waals surface area (Å²) in [6.07, 6.45) is 0. The van der Waals surface area contributed by atoms with E-state index in [0.717, 1.165) is 39.2 Å². The van der Waals surface area contributed by atoms with Crippen LogP contribution >= 0.6 is 0 Å². The van der Waals surface area contributed by atoms with E-state index in [0.29, 0.717) is 0 Å². The molecule has 0 amide bonds. The molecule has 0 saturated carbocycles. The second-order valence-electron chi connectivity index (χ2n) is 12.0. The van der Waals surface area contributed by atoms with Crippen LogP contribution in [0.5, 0.6) is 0 Å². The van der Waals surface area contributed by atoms with Crippen molar-refractivity contribution in [2.24, 2.45) is 0 Å². The Morgan fingerprint density at radius 1 is 0.208 bits per heavy atom. The molecular formula is C47H33N. The minimum atomic E-state index is 0.948. The third-order valence-corrected chi connectivity index (χ3v) is 8.94. The van der Waals surface area contributed by atoms with Gasteiger partial charge in [-0.3, -0.25) is 0 Å². The first-order chi connectivity index (χ1) is 23.8. The van der Waals surface area contributed by atoms with Gasteiger partial charge in [0.15, 0.2) is 0 Å². The fourth-order valence-electron chi connectivity index (χ4n) is 6.47. The summed E-state index contributed by atoms with van der Waals surface area (Å²) in [4.78, 5) is 5.30. The Bertz CT molecular complexity index is 2140. The van der Waals surface area contributed by atoms with Crippen LogP contribution in [0, 0.1) is 0 Å². The molecule has 226 valence electrons. The van der Waals surface area contributed by atoms with E-state index in [9.17, 15) is 0 Å². The van der Waals surface area contributed by atoms with Crippen LogP contribution in [-0.2, 0) is 0 Å². The second-order valence-corrected chi connectivity index (χ2v) is 12.0. The molecule has 0 atom stereocenters. The molecule has 0 unspecified atom stereocenters. The topological polar surface area (TPSA) is 12.9 Å². The third kappa shape index (κ3) is 5.98. The quantitative estimate of drug-likeness (QED) is 0.175. The number of aromatic nitrogens is 1. The summed E-state index contributed by atoms with van der Waals surface area (Å²) in [6.45, 7) is 0. The van der Waals surface area contributed by atoms with Gasteiger partial charge in [-0.15, -0.1) is 0 Å². The van der Waals surface area contributed by atoms with E-state index < -0.39 is 0 Å². The number of hydrogen-bond acceptors (Lipinski definition) is 1. The lowest BCUT2D eigenvalue weighted by molar-refractivity contribution is 1.32. The van der Waals surface area contributed by atoms with Gasteiger partial charge in [0.25, 0.3) is 0 Å². The van der Waals surface area contributed by atoms with Crippen molar-refractivity contribution in [3.8, 4) is 78.1 Å². The first-order valence-electron chi connectivity index (χ1n) is 16.4. The van der Waals surface area contributed by atoms with Crippen molar-refractivity contribution < 1.29 is 0 Å². The molecule has 0 N–H and O–H groups in total. The molecule has 0 bridgehead atoms. The first-order valence-corrected chi connectivity index (χ1v) is 16.4. The summed E-state index contributed by atoms with van der Waals surface area (Å²) < 4.78 is 0. The van der Waals surface area contributed by atoms with Gasteiger partial charge in [0.05, 0.1) is 11.4 Å². The van der Waals surface area contributed by atoms with Crippen molar-refractivity contribution in [3.63, 3.8) is 0 Å². The molecule has 0 aliphatic carbocycles. The van der Waals surface area contributed by atoms with Crippen LogP contribution in [0.1, 0.15) is 0 Å². The van der Waals surface area contributed by atoms with Gasteiger partial charge in [0.1, 0.15) is 0 Å². The maximum atomic E-state index is 5.30. The second kappa shape index (κ2) is 13.2. The zero-order valence-electron chi connectivity index (χ0n) is 26.5. The normalized spacial score (nSPS) is 10.9. The van der Waals surface area contributed by atoms with Crippen molar-refractivity contribution in [3.05, 3.63) is 200 Å². The summed E-state index contributed by atoms with van der Waals surface area (Å²) >= 11 is 0.